The summed E-state index contributed by atoms with van der Waals surface area (Å²) in [6, 6.07) is -1.05. The predicted octanol–water partition coefficient (Wildman–Crippen LogP) is -2.04. The van der Waals surface area contributed by atoms with Crippen molar-refractivity contribution in [2.24, 2.45) is 5.92 Å². The number of aliphatic hydroxyl groups is 2. The molecule has 34 heavy (non-hydrogen) atoms. The Labute approximate surface area is 193 Å². The van der Waals surface area contributed by atoms with Crippen LogP contribution < -0.4 is 5.32 Å². The predicted molar refractivity (Wildman–Crippen MR) is 110 cm³/mol. The zero-order valence-corrected chi connectivity index (χ0v) is 18.2. The molecule has 190 valence electrons. The molecule has 0 aromatic heterocycles. The average molecular weight is 488 g/mol. The van der Waals surface area contributed by atoms with Gasteiger partial charge in [0.25, 0.3) is 11.8 Å². The number of amides is 3. The second-order valence-corrected chi connectivity index (χ2v) is 7.64. The SMILES string of the molecule is O=C(O)COCCC(NC(=O)CCN1C(=O)C=CC1=O)C(CC(O)CC(=O)O)C(O)CC(=O)O. The molecule has 0 fully saturated rings. The van der Waals surface area contributed by atoms with Crippen LogP contribution >= 0.6 is 0 Å². The number of aliphatic hydroxyl groups excluding tert-OH is 2. The van der Waals surface area contributed by atoms with Gasteiger partial charge in [-0.3, -0.25) is 28.9 Å². The number of rotatable bonds is 17. The molecule has 4 unspecified atom stereocenters. The lowest BCUT2D eigenvalue weighted by molar-refractivity contribution is -0.143. The van der Waals surface area contributed by atoms with E-state index in [-0.39, 0.29) is 26.0 Å². The molecule has 0 saturated carbocycles. The molecule has 1 aliphatic rings. The first-order valence-electron chi connectivity index (χ1n) is 10.3. The maximum atomic E-state index is 12.5. The van der Waals surface area contributed by atoms with Crippen molar-refractivity contribution in [3.05, 3.63) is 12.2 Å². The van der Waals surface area contributed by atoms with Gasteiger partial charge in [0.15, 0.2) is 0 Å². The highest BCUT2D eigenvalue weighted by atomic mass is 16.5. The Balaban J connectivity index is 2.95. The van der Waals surface area contributed by atoms with Gasteiger partial charge in [0.05, 0.1) is 25.0 Å². The summed E-state index contributed by atoms with van der Waals surface area (Å²) in [6.45, 7) is -1.13. The fourth-order valence-electron chi connectivity index (χ4n) is 3.43. The van der Waals surface area contributed by atoms with Gasteiger partial charge in [-0.1, -0.05) is 0 Å². The first-order chi connectivity index (χ1) is 15.9. The number of carboxylic acids is 3. The average Bonchev–Trinajstić information content (AvgIpc) is 3.03. The second kappa shape index (κ2) is 14.0. The molecular formula is C20H28N2O12. The van der Waals surface area contributed by atoms with Crippen LogP contribution in [0.4, 0.5) is 0 Å². The van der Waals surface area contributed by atoms with Crippen LogP contribution in [0, 0.1) is 5.92 Å². The molecule has 3 amide bonds. The highest BCUT2D eigenvalue weighted by molar-refractivity contribution is 6.13. The normalized spacial score (nSPS) is 16.7. The molecule has 1 aliphatic heterocycles. The van der Waals surface area contributed by atoms with Gasteiger partial charge in [-0.15, -0.1) is 0 Å². The Hall–Kier alpha value is -3.36. The summed E-state index contributed by atoms with van der Waals surface area (Å²) in [5.41, 5.74) is 0. The topological polar surface area (TPSA) is 228 Å². The summed E-state index contributed by atoms with van der Waals surface area (Å²) in [6.07, 6.45) is -3.27. The summed E-state index contributed by atoms with van der Waals surface area (Å²) in [4.78, 5) is 69.2. The van der Waals surface area contributed by atoms with E-state index in [1.807, 2.05) is 0 Å². The fraction of sp³-hybridized carbons (Fsp3) is 0.600. The molecule has 1 rings (SSSR count). The van der Waals surface area contributed by atoms with Gasteiger partial charge in [-0.2, -0.15) is 0 Å². The number of nitrogens with one attached hydrogen (secondary N) is 1. The molecule has 0 aromatic rings. The Bertz CT molecular complexity index is 793. The largest absolute Gasteiger partial charge is 0.481 e. The van der Waals surface area contributed by atoms with Gasteiger partial charge in [0.2, 0.25) is 5.91 Å². The molecule has 0 aliphatic carbocycles. The first-order valence-corrected chi connectivity index (χ1v) is 10.3. The molecule has 14 nitrogen and oxygen atoms in total. The minimum absolute atomic E-state index is 0.108. The van der Waals surface area contributed by atoms with Crippen molar-refractivity contribution in [2.75, 3.05) is 19.8 Å². The number of imide groups is 1. The Morgan fingerprint density at radius 2 is 1.53 bits per heavy atom. The monoisotopic (exact) mass is 488 g/mol. The molecule has 6 N–H and O–H groups in total. The molecule has 0 aromatic carbocycles. The van der Waals surface area contributed by atoms with Gasteiger partial charge >= 0.3 is 17.9 Å². The summed E-state index contributed by atoms with van der Waals surface area (Å²) < 4.78 is 4.95. The number of hydrogen-bond acceptors (Lipinski definition) is 9. The number of aliphatic carboxylic acids is 3. The van der Waals surface area contributed by atoms with Crippen molar-refractivity contribution in [1.82, 2.24) is 10.2 Å². The van der Waals surface area contributed by atoms with E-state index in [0.29, 0.717) is 0 Å². The molecule has 14 heteroatoms. The fourth-order valence-corrected chi connectivity index (χ4v) is 3.43. The number of carboxylic acid groups (broad SMARTS) is 3. The summed E-state index contributed by atoms with van der Waals surface area (Å²) >= 11 is 0. The van der Waals surface area contributed by atoms with E-state index in [1.54, 1.807) is 0 Å². The lowest BCUT2D eigenvalue weighted by Crippen LogP contribution is -2.48. The van der Waals surface area contributed by atoms with Gasteiger partial charge < -0.3 is 35.6 Å². The van der Waals surface area contributed by atoms with Crippen LogP contribution in [0.1, 0.15) is 32.1 Å². The van der Waals surface area contributed by atoms with Crippen molar-refractivity contribution < 1.29 is 59.0 Å². The highest BCUT2D eigenvalue weighted by Crippen LogP contribution is 2.23. The molecular weight excluding hydrogens is 460 g/mol. The van der Waals surface area contributed by atoms with Crippen LogP contribution in [0.2, 0.25) is 0 Å². The molecule has 0 radical (unpaired) electrons. The molecule has 0 bridgehead atoms. The quantitative estimate of drug-likeness (QED) is 0.0960. The summed E-state index contributed by atoms with van der Waals surface area (Å²) in [5, 5.41) is 49.6. The van der Waals surface area contributed by atoms with Gasteiger partial charge in [-0.05, 0) is 12.8 Å². The smallest absolute Gasteiger partial charge is 0.329 e. The number of ether oxygens (including phenoxy) is 1. The Morgan fingerprint density at radius 1 is 0.941 bits per heavy atom. The number of carbonyl (C=O) groups excluding carboxylic acids is 3. The Kier molecular flexibility index (Phi) is 11.8. The van der Waals surface area contributed by atoms with E-state index >= 15 is 0 Å². The zero-order chi connectivity index (χ0) is 25.8. The summed E-state index contributed by atoms with van der Waals surface area (Å²) in [5.74, 6) is -6.98. The van der Waals surface area contributed by atoms with Crippen LogP contribution in [0.3, 0.4) is 0 Å². The van der Waals surface area contributed by atoms with Crippen LogP contribution in [0.15, 0.2) is 12.2 Å². The number of hydrogen-bond donors (Lipinski definition) is 6. The third-order valence-corrected chi connectivity index (χ3v) is 4.96. The van der Waals surface area contributed by atoms with Gasteiger partial charge in [0, 0.05) is 43.7 Å². The van der Waals surface area contributed by atoms with Crippen LogP contribution in [-0.4, -0.2) is 104 Å². The maximum Gasteiger partial charge on any atom is 0.329 e. The third kappa shape index (κ3) is 10.5. The molecule has 1 heterocycles. The van der Waals surface area contributed by atoms with Crippen molar-refractivity contribution in [3.8, 4) is 0 Å². The molecule has 0 saturated heterocycles. The lowest BCUT2D eigenvalue weighted by atomic mass is 9.84. The van der Waals surface area contributed by atoms with Crippen molar-refractivity contribution in [1.29, 1.82) is 0 Å². The van der Waals surface area contributed by atoms with E-state index < -0.39 is 85.7 Å². The lowest BCUT2D eigenvalue weighted by Gasteiger charge is -2.32. The van der Waals surface area contributed by atoms with Crippen molar-refractivity contribution in [2.45, 2.75) is 50.4 Å². The number of nitrogens with zero attached hydrogens (tertiary/aromatic N) is 1. The molecule has 0 spiro atoms. The van der Waals surface area contributed by atoms with E-state index in [4.69, 9.17) is 20.1 Å². The van der Waals surface area contributed by atoms with Crippen molar-refractivity contribution >= 4 is 35.6 Å². The van der Waals surface area contributed by atoms with Crippen LogP contribution in [-0.2, 0) is 33.5 Å². The first kappa shape index (κ1) is 28.7. The number of carbonyl (C=O) groups is 6. The maximum absolute atomic E-state index is 12.5. The third-order valence-electron chi connectivity index (χ3n) is 4.96. The molecule has 4 atom stereocenters. The zero-order valence-electron chi connectivity index (χ0n) is 18.2. The highest BCUT2D eigenvalue weighted by Gasteiger charge is 2.33. The standard InChI is InChI=1S/C20H28N2O12/c23-11(8-18(28)29)7-12(14(24)9-19(30)31)13(4-6-34-10-20(32)33)21-15(25)3-5-22-16(26)1-2-17(22)27/h1-2,11-14,23-24H,3-10H2,(H,21,25)(H,28,29)(H,30,31)(H,32,33). The van der Waals surface area contributed by atoms with E-state index in [9.17, 15) is 39.0 Å². The van der Waals surface area contributed by atoms with Gasteiger partial charge in [0.1, 0.15) is 6.61 Å². The van der Waals surface area contributed by atoms with Gasteiger partial charge in [-0.25, -0.2) is 4.79 Å². The van der Waals surface area contributed by atoms with Crippen LogP contribution in [0.5, 0.6) is 0 Å². The second-order valence-electron chi connectivity index (χ2n) is 7.64. The van der Waals surface area contributed by atoms with E-state index in [1.165, 1.54) is 0 Å². The van der Waals surface area contributed by atoms with E-state index in [2.05, 4.69) is 5.32 Å². The summed E-state index contributed by atoms with van der Waals surface area (Å²) in [7, 11) is 0. The van der Waals surface area contributed by atoms with E-state index in [0.717, 1.165) is 17.1 Å². The van der Waals surface area contributed by atoms with Crippen molar-refractivity contribution in [3.63, 3.8) is 0 Å². The minimum atomic E-state index is -1.60. The Morgan fingerprint density at radius 3 is 2.06 bits per heavy atom. The minimum Gasteiger partial charge on any atom is -0.481 e. The van der Waals surface area contributed by atoms with Crippen LogP contribution in [0.25, 0.3) is 0 Å².